The highest BCUT2D eigenvalue weighted by molar-refractivity contribution is 7.99. The number of carbonyl (C=O) groups excluding carboxylic acids is 1. The van der Waals surface area contributed by atoms with Crippen molar-refractivity contribution >= 4 is 23.7 Å². The van der Waals surface area contributed by atoms with Gasteiger partial charge in [0.1, 0.15) is 0 Å². The minimum absolute atomic E-state index is 0.153. The average molecular weight is 387 g/mol. The molecule has 1 rings (SSSR count). The van der Waals surface area contributed by atoms with Crippen LogP contribution in [0.4, 0.5) is 0 Å². The SMILES string of the molecule is O=C(O)CCSCCC(=O)OCCCCCCCCCC1CCCCC1. The zero-order valence-corrected chi connectivity index (χ0v) is 17.2. The maximum absolute atomic E-state index is 11.5. The molecule has 0 heterocycles. The standard InChI is InChI=1S/C21H38O4S/c22-20(23)14-17-26-18-15-21(24)25-16-10-5-3-1-2-4-7-11-19-12-8-6-9-13-19/h19H,1-18H2,(H,22,23). The van der Waals surface area contributed by atoms with Crippen LogP contribution in [-0.2, 0) is 14.3 Å². The molecule has 0 unspecified atom stereocenters. The van der Waals surface area contributed by atoms with Crippen molar-refractivity contribution in [3.05, 3.63) is 0 Å². The van der Waals surface area contributed by atoms with Crippen molar-refractivity contribution in [3.8, 4) is 0 Å². The first-order chi connectivity index (χ1) is 12.7. The number of hydrogen-bond donors (Lipinski definition) is 1. The van der Waals surface area contributed by atoms with Gasteiger partial charge in [-0.1, -0.05) is 77.0 Å². The Hall–Kier alpha value is -0.710. The summed E-state index contributed by atoms with van der Waals surface area (Å²) in [6.45, 7) is 0.528. The molecule has 0 saturated heterocycles. The normalized spacial score (nSPS) is 15.1. The van der Waals surface area contributed by atoms with Gasteiger partial charge in [0, 0.05) is 11.5 Å². The molecule has 0 atom stereocenters. The Morgan fingerprint density at radius 3 is 2.15 bits per heavy atom. The highest BCUT2D eigenvalue weighted by Gasteiger charge is 2.12. The minimum atomic E-state index is -0.788. The molecule has 0 aromatic rings. The van der Waals surface area contributed by atoms with E-state index in [1.807, 2.05) is 0 Å². The lowest BCUT2D eigenvalue weighted by Gasteiger charge is -2.21. The predicted octanol–water partition coefficient (Wildman–Crippen LogP) is 5.83. The second-order valence-electron chi connectivity index (χ2n) is 7.49. The number of esters is 1. The quantitative estimate of drug-likeness (QED) is 0.267. The summed E-state index contributed by atoms with van der Waals surface area (Å²) in [5.41, 5.74) is 0. The van der Waals surface area contributed by atoms with Crippen molar-refractivity contribution in [3.63, 3.8) is 0 Å². The number of thioether (sulfide) groups is 1. The van der Waals surface area contributed by atoms with Crippen LogP contribution >= 0.6 is 11.8 Å². The molecule has 0 aliphatic heterocycles. The van der Waals surface area contributed by atoms with Gasteiger partial charge >= 0.3 is 11.9 Å². The third-order valence-corrected chi connectivity index (χ3v) is 6.14. The molecule has 4 nitrogen and oxygen atoms in total. The number of hydrogen-bond acceptors (Lipinski definition) is 4. The van der Waals surface area contributed by atoms with Gasteiger partial charge in [-0.2, -0.15) is 11.8 Å². The van der Waals surface area contributed by atoms with Crippen LogP contribution in [0.15, 0.2) is 0 Å². The first kappa shape index (κ1) is 23.3. The molecule has 152 valence electrons. The lowest BCUT2D eigenvalue weighted by Crippen LogP contribution is -2.07. The molecule has 1 saturated carbocycles. The van der Waals surface area contributed by atoms with Crippen molar-refractivity contribution in [2.75, 3.05) is 18.1 Å². The van der Waals surface area contributed by atoms with E-state index in [9.17, 15) is 9.59 Å². The second-order valence-corrected chi connectivity index (χ2v) is 8.72. The third kappa shape index (κ3) is 14.5. The molecule has 0 amide bonds. The average Bonchev–Trinajstić information content (AvgIpc) is 2.63. The Bertz CT molecular complexity index is 367. The molecule has 1 N–H and O–H groups in total. The van der Waals surface area contributed by atoms with Gasteiger partial charge < -0.3 is 9.84 Å². The fourth-order valence-electron chi connectivity index (χ4n) is 3.57. The van der Waals surface area contributed by atoms with Crippen LogP contribution < -0.4 is 0 Å². The molecule has 5 heteroatoms. The van der Waals surface area contributed by atoms with Crippen LogP contribution in [0.2, 0.25) is 0 Å². The van der Waals surface area contributed by atoms with Crippen molar-refractivity contribution in [2.24, 2.45) is 5.92 Å². The van der Waals surface area contributed by atoms with Crippen LogP contribution in [0.3, 0.4) is 0 Å². The molecule has 1 fully saturated rings. The summed E-state index contributed by atoms with van der Waals surface area (Å²) >= 11 is 1.49. The summed E-state index contributed by atoms with van der Waals surface area (Å²) in [7, 11) is 0. The highest BCUT2D eigenvalue weighted by atomic mass is 32.2. The number of carbonyl (C=O) groups is 2. The highest BCUT2D eigenvalue weighted by Crippen LogP contribution is 2.28. The maximum atomic E-state index is 11.5. The first-order valence-corrected chi connectivity index (χ1v) is 11.8. The summed E-state index contributed by atoms with van der Waals surface area (Å²) < 4.78 is 5.21. The van der Waals surface area contributed by atoms with E-state index in [1.54, 1.807) is 0 Å². The zero-order chi connectivity index (χ0) is 18.9. The topological polar surface area (TPSA) is 63.6 Å². The summed E-state index contributed by atoms with van der Waals surface area (Å²) in [6, 6.07) is 0. The van der Waals surface area contributed by atoms with E-state index in [-0.39, 0.29) is 12.4 Å². The van der Waals surface area contributed by atoms with Gasteiger partial charge in [-0.05, 0) is 12.3 Å². The van der Waals surface area contributed by atoms with Gasteiger partial charge in [-0.15, -0.1) is 0 Å². The number of ether oxygens (including phenoxy) is 1. The maximum Gasteiger partial charge on any atom is 0.306 e. The first-order valence-electron chi connectivity index (χ1n) is 10.6. The van der Waals surface area contributed by atoms with E-state index in [0.717, 1.165) is 18.8 Å². The van der Waals surface area contributed by atoms with Crippen molar-refractivity contribution in [1.82, 2.24) is 0 Å². The van der Waals surface area contributed by atoms with Crippen LogP contribution in [-0.4, -0.2) is 35.2 Å². The summed E-state index contributed by atoms with van der Waals surface area (Å²) in [6.07, 6.45) is 18.1. The molecular formula is C21H38O4S. The molecule has 0 aromatic carbocycles. The number of carboxylic acids is 1. The fourth-order valence-corrected chi connectivity index (χ4v) is 4.40. The number of unbranched alkanes of at least 4 members (excludes halogenated alkanes) is 6. The smallest absolute Gasteiger partial charge is 0.306 e. The summed E-state index contributed by atoms with van der Waals surface area (Å²) in [5.74, 6) is 1.28. The lowest BCUT2D eigenvalue weighted by molar-refractivity contribution is -0.143. The molecular weight excluding hydrogens is 348 g/mol. The largest absolute Gasteiger partial charge is 0.481 e. The Morgan fingerprint density at radius 1 is 0.846 bits per heavy atom. The van der Waals surface area contributed by atoms with E-state index in [2.05, 4.69) is 0 Å². The van der Waals surface area contributed by atoms with Crippen LogP contribution in [0.1, 0.15) is 96.3 Å². The molecule has 0 radical (unpaired) electrons. The Labute approximate surface area is 163 Å². The van der Waals surface area contributed by atoms with Gasteiger partial charge in [-0.25, -0.2) is 0 Å². The van der Waals surface area contributed by atoms with Gasteiger partial charge in [0.2, 0.25) is 0 Å². The monoisotopic (exact) mass is 386 g/mol. The van der Waals surface area contributed by atoms with E-state index < -0.39 is 5.97 Å². The summed E-state index contributed by atoms with van der Waals surface area (Å²) in [4.78, 5) is 21.9. The molecule has 26 heavy (non-hydrogen) atoms. The Balaban J connectivity index is 1.75. The predicted molar refractivity (Wildman–Crippen MR) is 109 cm³/mol. The van der Waals surface area contributed by atoms with Crippen molar-refractivity contribution < 1.29 is 19.4 Å². The van der Waals surface area contributed by atoms with Gasteiger partial charge in [-0.3, -0.25) is 9.59 Å². The van der Waals surface area contributed by atoms with E-state index in [4.69, 9.17) is 9.84 Å². The number of rotatable bonds is 16. The molecule has 1 aliphatic carbocycles. The van der Waals surface area contributed by atoms with Crippen LogP contribution in [0, 0.1) is 5.92 Å². The molecule has 0 spiro atoms. The summed E-state index contributed by atoms with van der Waals surface area (Å²) in [5, 5.41) is 8.52. The lowest BCUT2D eigenvalue weighted by atomic mass is 9.85. The Kier molecular flexibility index (Phi) is 14.8. The van der Waals surface area contributed by atoms with Crippen molar-refractivity contribution in [2.45, 2.75) is 96.3 Å². The van der Waals surface area contributed by atoms with E-state index in [1.165, 1.54) is 82.4 Å². The molecule has 0 aromatic heterocycles. The number of carboxylic acid groups (broad SMARTS) is 1. The van der Waals surface area contributed by atoms with Crippen LogP contribution in [0.25, 0.3) is 0 Å². The minimum Gasteiger partial charge on any atom is -0.481 e. The van der Waals surface area contributed by atoms with E-state index in [0.29, 0.717) is 24.5 Å². The Morgan fingerprint density at radius 2 is 1.46 bits per heavy atom. The third-order valence-electron chi connectivity index (χ3n) is 5.16. The van der Waals surface area contributed by atoms with Crippen molar-refractivity contribution in [1.29, 1.82) is 0 Å². The second kappa shape index (κ2) is 16.5. The molecule has 0 bridgehead atoms. The van der Waals surface area contributed by atoms with E-state index >= 15 is 0 Å². The van der Waals surface area contributed by atoms with Crippen LogP contribution in [0.5, 0.6) is 0 Å². The fraction of sp³-hybridized carbons (Fsp3) is 0.905. The van der Waals surface area contributed by atoms with Gasteiger partial charge in [0.15, 0.2) is 0 Å². The van der Waals surface area contributed by atoms with Gasteiger partial charge in [0.05, 0.1) is 19.4 Å². The zero-order valence-electron chi connectivity index (χ0n) is 16.4. The van der Waals surface area contributed by atoms with Gasteiger partial charge in [0.25, 0.3) is 0 Å². The molecule has 1 aliphatic rings. The number of aliphatic carboxylic acids is 1.